The van der Waals surface area contributed by atoms with Crippen LogP contribution in [0.5, 0.6) is 0 Å². The molecule has 2 unspecified atom stereocenters. The number of nitrogens with one attached hydrogen (secondary N) is 2. The monoisotopic (exact) mass is 401 g/mol. The Kier molecular flexibility index (Phi) is 5.55. The van der Waals surface area contributed by atoms with Crippen molar-refractivity contribution in [3.8, 4) is 0 Å². The van der Waals surface area contributed by atoms with Gasteiger partial charge in [0.25, 0.3) is 0 Å². The highest BCUT2D eigenvalue weighted by Gasteiger charge is 2.34. The molecule has 29 heavy (non-hydrogen) atoms. The Balaban J connectivity index is 1.28. The van der Waals surface area contributed by atoms with Gasteiger partial charge < -0.3 is 19.8 Å². The van der Waals surface area contributed by atoms with E-state index < -0.39 is 6.09 Å². The zero-order chi connectivity index (χ0) is 20.4. The molecule has 2 amide bonds. The third kappa shape index (κ3) is 4.60. The fourth-order valence-corrected chi connectivity index (χ4v) is 4.74. The average molecular weight is 401 g/mol. The summed E-state index contributed by atoms with van der Waals surface area (Å²) in [5, 5.41) is 23.2. The van der Waals surface area contributed by atoms with E-state index in [1.165, 1.54) is 0 Å². The number of aromatic nitrogens is 3. The summed E-state index contributed by atoms with van der Waals surface area (Å²) in [5.74, 6) is 1.74. The molecule has 2 aromatic heterocycles. The van der Waals surface area contributed by atoms with Crippen molar-refractivity contribution in [2.45, 2.75) is 63.8 Å². The molecule has 3 heterocycles. The quantitative estimate of drug-likeness (QED) is 0.682. The summed E-state index contributed by atoms with van der Waals surface area (Å²) in [4.78, 5) is 25.1. The average Bonchev–Trinajstić information content (AvgIpc) is 3.43. The molecule has 0 spiro atoms. The number of likely N-dealkylation sites (tertiary alicyclic amines) is 1. The highest BCUT2D eigenvalue weighted by molar-refractivity contribution is 5.91. The number of hydrogen-bond donors (Lipinski definition) is 3. The lowest BCUT2D eigenvalue weighted by Crippen LogP contribution is -2.35. The van der Waals surface area contributed by atoms with Crippen molar-refractivity contribution in [2.75, 3.05) is 11.9 Å². The Labute approximate surface area is 168 Å². The maximum atomic E-state index is 12.1. The third-order valence-corrected chi connectivity index (χ3v) is 6.09. The molecule has 3 atom stereocenters. The highest BCUT2D eigenvalue weighted by atomic mass is 16.5. The summed E-state index contributed by atoms with van der Waals surface area (Å²) in [6.07, 6.45) is 5.38. The number of H-pyrrole nitrogens is 1. The number of rotatable bonds is 6. The van der Waals surface area contributed by atoms with Crippen LogP contribution in [-0.2, 0) is 11.2 Å². The van der Waals surface area contributed by atoms with Gasteiger partial charge in [0.05, 0.1) is 12.1 Å². The summed E-state index contributed by atoms with van der Waals surface area (Å²) in [6, 6.07) is 3.80. The van der Waals surface area contributed by atoms with Crippen molar-refractivity contribution in [3.63, 3.8) is 0 Å². The first-order valence-electron chi connectivity index (χ1n) is 10.2. The lowest BCUT2D eigenvalue weighted by molar-refractivity contribution is -0.115. The molecule has 2 fully saturated rings. The predicted molar refractivity (Wildman–Crippen MR) is 105 cm³/mol. The molecular weight excluding hydrogens is 374 g/mol. The number of hydrogen-bond acceptors (Lipinski definition) is 5. The van der Waals surface area contributed by atoms with Crippen LogP contribution in [0, 0.1) is 12.8 Å². The van der Waals surface area contributed by atoms with Gasteiger partial charge in [-0.15, -0.1) is 0 Å². The second-order valence-corrected chi connectivity index (χ2v) is 8.25. The molecular formula is C20H27N5O4. The summed E-state index contributed by atoms with van der Waals surface area (Å²) >= 11 is 0. The van der Waals surface area contributed by atoms with Gasteiger partial charge in [-0.25, -0.2) is 4.79 Å². The van der Waals surface area contributed by atoms with Gasteiger partial charge in [0, 0.05) is 36.3 Å². The standard InChI is InChI=1S/C20H27N5O4/c1-12-7-16(29-24-12)10-19(26)21-18-11-17(22-23-18)14-5-4-13(8-14)9-15-3-2-6-25(15)20(27)28/h7,11,13-15H,2-6,8-10H2,1H3,(H,27,28)(H2,21,22,23,26)/t13?,14?,15-/m1/s1. The fourth-order valence-electron chi connectivity index (χ4n) is 4.74. The first-order valence-corrected chi connectivity index (χ1v) is 10.2. The van der Waals surface area contributed by atoms with E-state index in [1.54, 1.807) is 11.0 Å². The molecule has 0 aromatic carbocycles. The van der Waals surface area contributed by atoms with Crippen LogP contribution >= 0.6 is 0 Å². The van der Waals surface area contributed by atoms with E-state index in [1.807, 2.05) is 13.0 Å². The Morgan fingerprint density at radius 3 is 2.97 bits per heavy atom. The van der Waals surface area contributed by atoms with Crippen LogP contribution in [0.1, 0.15) is 61.6 Å². The Morgan fingerprint density at radius 2 is 2.21 bits per heavy atom. The number of anilines is 1. The van der Waals surface area contributed by atoms with Gasteiger partial charge >= 0.3 is 6.09 Å². The van der Waals surface area contributed by atoms with Gasteiger partial charge in [-0.05, 0) is 51.4 Å². The SMILES string of the molecule is Cc1cc(CC(=O)Nc2cc(C3CCC(C[C@H]4CCCN4C(=O)O)C3)[nH]n2)on1. The molecule has 2 aliphatic rings. The van der Waals surface area contributed by atoms with Gasteiger partial charge in [0.15, 0.2) is 5.82 Å². The number of aromatic amines is 1. The number of carboxylic acid groups (broad SMARTS) is 1. The van der Waals surface area contributed by atoms with Crippen LogP contribution in [0.2, 0.25) is 0 Å². The number of nitrogens with zero attached hydrogens (tertiary/aromatic N) is 3. The van der Waals surface area contributed by atoms with Crippen LogP contribution in [0.25, 0.3) is 0 Å². The van der Waals surface area contributed by atoms with E-state index in [4.69, 9.17) is 4.52 Å². The molecule has 9 nitrogen and oxygen atoms in total. The van der Waals surface area contributed by atoms with Crippen molar-refractivity contribution < 1.29 is 19.2 Å². The van der Waals surface area contributed by atoms with Crippen LogP contribution in [0.15, 0.2) is 16.7 Å². The smallest absolute Gasteiger partial charge is 0.407 e. The molecule has 3 N–H and O–H groups in total. The Morgan fingerprint density at radius 1 is 1.34 bits per heavy atom. The van der Waals surface area contributed by atoms with E-state index in [0.717, 1.165) is 49.9 Å². The maximum Gasteiger partial charge on any atom is 0.407 e. The third-order valence-electron chi connectivity index (χ3n) is 6.09. The number of aryl methyl sites for hydroxylation is 1. The second-order valence-electron chi connectivity index (χ2n) is 8.25. The van der Waals surface area contributed by atoms with E-state index in [-0.39, 0.29) is 18.4 Å². The van der Waals surface area contributed by atoms with Gasteiger partial charge in [0.1, 0.15) is 5.76 Å². The lowest BCUT2D eigenvalue weighted by atomic mass is 9.95. The molecule has 9 heteroatoms. The van der Waals surface area contributed by atoms with Gasteiger partial charge in [-0.1, -0.05) is 5.16 Å². The zero-order valence-electron chi connectivity index (χ0n) is 16.6. The maximum absolute atomic E-state index is 12.1. The summed E-state index contributed by atoms with van der Waals surface area (Å²) in [6.45, 7) is 2.47. The minimum atomic E-state index is -0.795. The van der Waals surface area contributed by atoms with Gasteiger partial charge in [-0.3, -0.25) is 9.89 Å². The minimum absolute atomic E-state index is 0.121. The van der Waals surface area contributed by atoms with E-state index >= 15 is 0 Å². The Hall–Kier alpha value is -2.84. The molecule has 1 aliphatic carbocycles. The zero-order valence-corrected chi connectivity index (χ0v) is 16.6. The van der Waals surface area contributed by atoms with Gasteiger partial charge in [0.2, 0.25) is 5.91 Å². The number of amides is 2. The molecule has 4 rings (SSSR count). The van der Waals surface area contributed by atoms with E-state index in [2.05, 4.69) is 20.7 Å². The molecule has 0 bridgehead atoms. The molecule has 1 saturated heterocycles. The second kappa shape index (κ2) is 8.26. The van der Waals surface area contributed by atoms with Crippen molar-refractivity contribution in [1.29, 1.82) is 0 Å². The van der Waals surface area contributed by atoms with Crippen LogP contribution in [0.3, 0.4) is 0 Å². The fraction of sp³-hybridized carbons (Fsp3) is 0.600. The van der Waals surface area contributed by atoms with Gasteiger partial charge in [-0.2, -0.15) is 5.10 Å². The topological polar surface area (TPSA) is 124 Å². The van der Waals surface area contributed by atoms with Crippen molar-refractivity contribution in [3.05, 3.63) is 29.3 Å². The number of carbonyl (C=O) groups is 2. The first-order chi connectivity index (χ1) is 14.0. The van der Waals surface area contributed by atoms with E-state index in [0.29, 0.717) is 30.0 Å². The molecule has 0 radical (unpaired) electrons. The number of carbonyl (C=O) groups excluding carboxylic acids is 1. The normalized spacial score (nSPS) is 24.2. The Bertz CT molecular complexity index is 876. The predicted octanol–water partition coefficient (Wildman–Crippen LogP) is 3.30. The molecule has 156 valence electrons. The van der Waals surface area contributed by atoms with Crippen LogP contribution in [-0.4, -0.2) is 49.9 Å². The molecule has 1 aliphatic heterocycles. The lowest BCUT2D eigenvalue weighted by Gasteiger charge is -2.24. The molecule has 1 saturated carbocycles. The van der Waals surface area contributed by atoms with Crippen LogP contribution in [0.4, 0.5) is 10.6 Å². The van der Waals surface area contributed by atoms with Crippen molar-refractivity contribution in [1.82, 2.24) is 20.3 Å². The summed E-state index contributed by atoms with van der Waals surface area (Å²) in [5.41, 5.74) is 1.77. The van der Waals surface area contributed by atoms with E-state index in [9.17, 15) is 14.7 Å². The largest absolute Gasteiger partial charge is 0.465 e. The van der Waals surface area contributed by atoms with Crippen LogP contribution < -0.4 is 5.32 Å². The van der Waals surface area contributed by atoms with Crippen molar-refractivity contribution in [2.24, 2.45) is 5.92 Å². The minimum Gasteiger partial charge on any atom is -0.465 e. The first kappa shape index (κ1) is 19.5. The summed E-state index contributed by atoms with van der Waals surface area (Å²) < 4.78 is 5.07. The summed E-state index contributed by atoms with van der Waals surface area (Å²) in [7, 11) is 0. The molecule has 2 aromatic rings. The highest BCUT2D eigenvalue weighted by Crippen LogP contribution is 2.41. The van der Waals surface area contributed by atoms with Crippen molar-refractivity contribution >= 4 is 17.8 Å².